The van der Waals surface area contributed by atoms with E-state index in [1.54, 1.807) is 6.20 Å². The minimum Gasteiger partial charge on any atom is -0.390 e. The number of benzene rings is 1. The van der Waals surface area contributed by atoms with Crippen LogP contribution in [0.25, 0.3) is 0 Å². The number of aliphatic hydroxyl groups is 2. The lowest BCUT2D eigenvalue weighted by Gasteiger charge is -2.14. The van der Waals surface area contributed by atoms with E-state index in [0.717, 1.165) is 16.7 Å². The average Bonchev–Trinajstić information content (AvgIpc) is 2.80. The van der Waals surface area contributed by atoms with Crippen LogP contribution in [-0.4, -0.2) is 25.2 Å². The van der Waals surface area contributed by atoms with E-state index < -0.39 is 6.10 Å². The molecular formula is C13H17N3O2. The van der Waals surface area contributed by atoms with Gasteiger partial charge < -0.3 is 10.2 Å². The van der Waals surface area contributed by atoms with E-state index in [4.69, 9.17) is 5.11 Å². The number of rotatable bonds is 4. The van der Waals surface area contributed by atoms with E-state index in [1.807, 2.05) is 32.0 Å². The zero-order chi connectivity index (χ0) is 13.1. The van der Waals surface area contributed by atoms with Gasteiger partial charge in [0.25, 0.3) is 0 Å². The number of aliphatic hydroxyl groups excluding tert-OH is 2. The highest BCUT2D eigenvalue weighted by Crippen LogP contribution is 2.20. The zero-order valence-corrected chi connectivity index (χ0v) is 10.5. The summed E-state index contributed by atoms with van der Waals surface area (Å²) < 4.78 is 1.54. The van der Waals surface area contributed by atoms with Crippen molar-refractivity contribution in [2.24, 2.45) is 0 Å². The first kappa shape index (κ1) is 12.7. The van der Waals surface area contributed by atoms with Gasteiger partial charge in [-0.2, -0.15) is 0 Å². The molecule has 0 saturated carbocycles. The van der Waals surface area contributed by atoms with Crippen LogP contribution in [-0.2, 0) is 13.2 Å². The SMILES string of the molecule is Cc1ccc(C)c(C(O)Cn2cc(CO)nn2)c1. The lowest BCUT2D eigenvalue weighted by atomic mass is 10.0. The molecule has 0 saturated heterocycles. The quantitative estimate of drug-likeness (QED) is 0.849. The van der Waals surface area contributed by atoms with Crippen molar-refractivity contribution >= 4 is 0 Å². The van der Waals surface area contributed by atoms with Gasteiger partial charge in [0.05, 0.1) is 25.5 Å². The molecule has 2 N–H and O–H groups in total. The smallest absolute Gasteiger partial charge is 0.108 e. The molecule has 18 heavy (non-hydrogen) atoms. The van der Waals surface area contributed by atoms with Crippen molar-refractivity contribution in [3.05, 3.63) is 46.8 Å². The van der Waals surface area contributed by atoms with Gasteiger partial charge in [-0.1, -0.05) is 29.0 Å². The maximum atomic E-state index is 10.2. The molecule has 96 valence electrons. The molecule has 0 spiro atoms. The minimum absolute atomic E-state index is 0.139. The standard InChI is InChI=1S/C13H17N3O2/c1-9-3-4-10(2)12(5-9)13(18)7-16-6-11(8-17)14-15-16/h3-6,13,17-18H,7-8H2,1-2H3. The molecule has 2 aromatic rings. The second kappa shape index (κ2) is 5.29. The third-order valence-corrected chi connectivity index (χ3v) is 2.90. The normalized spacial score (nSPS) is 12.7. The lowest BCUT2D eigenvalue weighted by Crippen LogP contribution is -2.10. The summed E-state index contributed by atoms with van der Waals surface area (Å²) in [6.45, 7) is 4.16. The summed E-state index contributed by atoms with van der Waals surface area (Å²) in [7, 11) is 0. The fourth-order valence-electron chi connectivity index (χ4n) is 1.89. The van der Waals surface area contributed by atoms with Crippen molar-refractivity contribution in [1.82, 2.24) is 15.0 Å². The summed E-state index contributed by atoms with van der Waals surface area (Å²) in [6, 6.07) is 5.99. The zero-order valence-electron chi connectivity index (χ0n) is 10.5. The first-order valence-electron chi connectivity index (χ1n) is 5.85. The van der Waals surface area contributed by atoms with Gasteiger partial charge >= 0.3 is 0 Å². The lowest BCUT2D eigenvalue weighted by molar-refractivity contribution is 0.150. The van der Waals surface area contributed by atoms with Gasteiger partial charge in [-0.15, -0.1) is 5.10 Å². The Morgan fingerprint density at radius 2 is 2.11 bits per heavy atom. The van der Waals surface area contributed by atoms with Gasteiger partial charge in [0, 0.05) is 0 Å². The van der Waals surface area contributed by atoms with Crippen LogP contribution < -0.4 is 0 Å². The van der Waals surface area contributed by atoms with Crippen molar-refractivity contribution in [1.29, 1.82) is 0 Å². The number of aromatic nitrogens is 3. The van der Waals surface area contributed by atoms with Gasteiger partial charge in [0.1, 0.15) is 5.69 Å². The predicted octanol–water partition coefficient (Wildman–Crippen LogP) is 1.12. The Labute approximate surface area is 106 Å². The highest BCUT2D eigenvalue weighted by Gasteiger charge is 2.12. The molecule has 1 aromatic carbocycles. The van der Waals surface area contributed by atoms with E-state index in [1.165, 1.54) is 4.68 Å². The van der Waals surface area contributed by atoms with Crippen LogP contribution in [0.15, 0.2) is 24.4 Å². The van der Waals surface area contributed by atoms with Crippen LogP contribution in [0, 0.1) is 13.8 Å². The molecule has 0 bridgehead atoms. The summed E-state index contributed by atoms with van der Waals surface area (Å²) in [5.74, 6) is 0. The Morgan fingerprint density at radius 3 is 2.78 bits per heavy atom. The molecule has 0 aliphatic carbocycles. The second-order valence-corrected chi connectivity index (χ2v) is 4.47. The van der Waals surface area contributed by atoms with Crippen LogP contribution >= 0.6 is 0 Å². The van der Waals surface area contributed by atoms with E-state index in [2.05, 4.69) is 10.3 Å². The summed E-state index contributed by atoms with van der Waals surface area (Å²) in [4.78, 5) is 0. The Balaban J connectivity index is 2.16. The summed E-state index contributed by atoms with van der Waals surface area (Å²) >= 11 is 0. The van der Waals surface area contributed by atoms with E-state index in [9.17, 15) is 5.11 Å². The molecule has 0 aliphatic heterocycles. The molecule has 0 fully saturated rings. The van der Waals surface area contributed by atoms with Crippen molar-refractivity contribution in [2.45, 2.75) is 33.1 Å². The number of aryl methyl sites for hydroxylation is 2. The van der Waals surface area contributed by atoms with Crippen molar-refractivity contribution < 1.29 is 10.2 Å². The number of hydrogen-bond acceptors (Lipinski definition) is 4. The third kappa shape index (κ3) is 2.75. The first-order valence-corrected chi connectivity index (χ1v) is 5.85. The molecule has 0 aliphatic rings. The monoisotopic (exact) mass is 247 g/mol. The molecular weight excluding hydrogens is 230 g/mol. The fourth-order valence-corrected chi connectivity index (χ4v) is 1.89. The largest absolute Gasteiger partial charge is 0.390 e. The maximum Gasteiger partial charge on any atom is 0.108 e. The molecule has 2 rings (SSSR count). The molecule has 1 aromatic heterocycles. The molecule has 1 atom stereocenters. The first-order chi connectivity index (χ1) is 8.60. The molecule has 1 heterocycles. The Morgan fingerprint density at radius 1 is 1.33 bits per heavy atom. The molecule has 5 nitrogen and oxygen atoms in total. The fraction of sp³-hybridized carbons (Fsp3) is 0.385. The molecule has 1 unspecified atom stereocenters. The van der Waals surface area contributed by atoms with Gasteiger partial charge in [0.2, 0.25) is 0 Å². The van der Waals surface area contributed by atoms with Crippen molar-refractivity contribution in [3.8, 4) is 0 Å². The van der Waals surface area contributed by atoms with Crippen LogP contribution in [0.5, 0.6) is 0 Å². The predicted molar refractivity (Wildman–Crippen MR) is 66.8 cm³/mol. The molecule has 5 heteroatoms. The maximum absolute atomic E-state index is 10.2. The van der Waals surface area contributed by atoms with Crippen LogP contribution in [0.2, 0.25) is 0 Å². The molecule has 0 radical (unpaired) electrons. The average molecular weight is 247 g/mol. The van der Waals surface area contributed by atoms with Crippen molar-refractivity contribution in [2.75, 3.05) is 0 Å². The Bertz CT molecular complexity index is 537. The van der Waals surface area contributed by atoms with Crippen LogP contribution in [0.3, 0.4) is 0 Å². The van der Waals surface area contributed by atoms with E-state index >= 15 is 0 Å². The van der Waals surface area contributed by atoms with Crippen LogP contribution in [0.1, 0.15) is 28.5 Å². The third-order valence-electron chi connectivity index (χ3n) is 2.90. The summed E-state index contributed by atoms with van der Waals surface area (Å²) in [5.41, 5.74) is 3.57. The highest BCUT2D eigenvalue weighted by atomic mass is 16.3. The Hall–Kier alpha value is -1.72. The molecule has 0 amide bonds. The topological polar surface area (TPSA) is 71.2 Å². The van der Waals surface area contributed by atoms with Crippen molar-refractivity contribution in [3.63, 3.8) is 0 Å². The minimum atomic E-state index is -0.627. The second-order valence-electron chi connectivity index (χ2n) is 4.47. The highest BCUT2D eigenvalue weighted by molar-refractivity contribution is 5.32. The number of nitrogens with zero attached hydrogens (tertiary/aromatic N) is 3. The van der Waals surface area contributed by atoms with E-state index in [-0.39, 0.29) is 6.61 Å². The summed E-state index contributed by atoms with van der Waals surface area (Å²) in [5, 5.41) is 26.7. The van der Waals surface area contributed by atoms with E-state index in [0.29, 0.717) is 12.2 Å². The summed E-state index contributed by atoms with van der Waals surface area (Å²) in [6.07, 6.45) is 1.01. The van der Waals surface area contributed by atoms with Gasteiger partial charge in [-0.25, -0.2) is 4.68 Å². The van der Waals surface area contributed by atoms with Crippen LogP contribution in [0.4, 0.5) is 0 Å². The number of hydrogen-bond donors (Lipinski definition) is 2. The van der Waals surface area contributed by atoms with Gasteiger partial charge in [-0.05, 0) is 25.0 Å². The van der Waals surface area contributed by atoms with Gasteiger partial charge in [0.15, 0.2) is 0 Å². The Kier molecular flexibility index (Phi) is 3.74. The van der Waals surface area contributed by atoms with Gasteiger partial charge in [-0.3, -0.25) is 0 Å².